The van der Waals surface area contributed by atoms with E-state index in [0.717, 1.165) is 47.9 Å². The van der Waals surface area contributed by atoms with Gasteiger partial charge in [0.05, 0.1) is 17.2 Å². The van der Waals surface area contributed by atoms with Gasteiger partial charge in [-0.15, -0.1) is 23.7 Å². The van der Waals surface area contributed by atoms with Crippen molar-refractivity contribution in [2.75, 3.05) is 13.1 Å². The Bertz CT molecular complexity index is 695. The van der Waals surface area contributed by atoms with Crippen LogP contribution in [0.15, 0.2) is 0 Å². The fourth-order valence-corrected chi connectivity index (χ4v) is 5.74. The van der Waals surface area contributed by atoms with E-state index in [2.05, 4.69) is 15.6 Å². The molecule has 3 aliphatic rings. The molecule has 0 aromatic carbocycles. The number of carbonyl (C=O) groups is 2. The van der Waals surface area contributed by atoms with Crippen LogP contribution in [-0.4, -0.2) is 46.9 Å². The van der Waals surface area contributed by atoms with Gasteiger partial charge < -0.3 is 15.5 Å². The Hall–Kier alpha value is -1.18. The lowest BCUT2D eigenvalue weighted by Gasteiger charge is -2.53. The van der Waals surface area contributed by atoms with E-state index >= 15 is 0 Å². The number of aromatic nitrogens is 1. The highest BCUT2D eigenvalue weighted by Crippen LogP contribution is 2.39. The highest BCUT2D eigenvalue weighted by Gasteiger charge is 2.50. The number of amides is 2. The number of hydrogen-bond acceptors (Lipinski definition) is 5. The van der Waals surface area contributed by atoms with Crippen molar-refractivity contribution in [3.63, 3.8) is 0 Å². The third kappa shape index (κ3) is 3.49. The Morgan fingerprint density at radius 2 is 2.12 bits per heavy atom. The number of fused-ring (bicyclic) bond motifs is 4. The molecule has 144 valence electrons. The van der Waals surface area contributed by atoms with Crippen molar-refractivity contribution in [3.05, 3.63) is 15.6 Å². The van der Waals surface area contributed by atoms with Crippen LogP contribution in [0.4, 0.5) is 0 Å². The fourth-order valence-electron chi connectivity index (χ4n) is 4.86. The largest absolute Gasteiger partial charge is 0.349 e. The van der Waals surface area contributed by atoms with E-state index in [1.165, 1.54) is 0 Å². The summed E-state index contributed by atoms with van der Waals surface area (Å²) in [6.07, 6.45) is 3.62. The minimum atomic E-state index is -0.323. The van der Waals surface area contributed by atoms with Crippen molar-refractivity contribution in [1.29, 1.82) is 0 Å². The van der Waals surface area contributed by atoms with Crippen LogP contribution in [0.2, 0.25) is 0 Å². The molecule has 26 heavy (non-hydrogen) atoms. The number of piperidine rings is 3. The van der Waals surface area contributed by atoms with Crippen molar-refractivity contribution >= 4 is 35.6 Å². The van der Waals surface area contributed by atoms with Crippen LogP contribution in [0.1, 0.15) is 41.3 Å². The zero-order valence-corrected chi connectivity index (χ0v) is 16.9. The van der Waals surface area contributed by atoms with Crippen molar-refractivity contribution < 1.29 is 9.59 Å². The summed E-state index contributed by atoms with van der Waals surface area (Å²) in [6, 6.07) is -0.0930. The predicted octanol–water partition coefficient (Wildman–Crippen LogP) is 1.79. The van der Waals surface area contributed by atoms with Crippen LogP contribution in [0.5, 0.6) is 0 Å². The maximum Gasteiger partial charge on any atom is 0.243 e. The summed E-state index contributed by atoms with van der Waals surface area (Å²) in [4.78, 5) is 33.1. The molecule has 0 aliphatic carbocycles. The van der Waals surface area contributed by atoms with Gasteiger partial charge in [0.1, 0.15) is 6.04 Å². The number of thiazole rings is 1. The molecule has 2 N–H and O–H groups in total. The van der Waals surface area contributed by atoms with E-state index < -0.39 is 0 Å². The number of aryl methyl sites for hydroxylation is 2. The first-order valence-electron chi connectivity index (χ1n) is 9.27. The van der Waals surface area contributed by atoms with E-state index in [1.54, 1.807) is 11.3 Å². The average molecular weight is 399 g/mol. The molecular formula is C18H27ClN4O2S. The summed E-state index contributed by atoms with van der Waals surface area (Å²) in [5, 5.41) is 7.59. The molecule has 1 aromatic heterocycles. The summed E-state index contributed by atoms with van der Waals surface area (Å²) in [6.45, 7) is 6.26. The molecular weight excluding hydrogens is 372 g/mol. The quantitative estimate of drug-likeness (QED) is 0.814. The fraction of sp³-hybridized carbons (Fsp3) is 0.722. The van der Waals surface area contributed by atoms with Gasteiger partial charge in [0, 0.05) is 29.8 Å². The number of halogens is 1. The first-order valence-corrected chi connectivity index (χ1v) is 10.1. The van der Waals surface area contributed by atoms with Gasteiger partial charge in [-0.25, -0.2) is 4.98 Å². The van der Waals surface area contributed by atoms with Crippen molar-refractivity contribution in [3.8, 4) is 0 Å². The zero-order chi connectivity index (χ0) is 17.6. The van der Waals surface area contributed by atoms with Crippen LogP contribution in [-0.2, 0) is 16.1 Å². The Labute approximate surface area is 164 Å². The SMILES string of the molecule is Cc1nc(C)c(CNC(=O)[C@H]2[C@@H]3CNC[C@@H](C3)[C@@H]3CCCC(=O)N32)s1.Cl. The molecule has 1 aromatic rings. The number of rotatable bonds is 3. The van der Waals surface area contributed by atoms with Gasteiger partial charge in [-0.05, 0) is 45.6 Å². The number of nitrogens with zero attached hydrogens (tertiary/aromatic N) is 2. The molecule has 8 heteroatoms. The Kier molecular flexibility index (Phi) is 5.89. The van der Waals surface area contributed by atoms with E-state index in [9.17, 15) is 9.59 Å². The summed E-state index contributed by atoms with van der Waals surface area (Å²) < 4.78 is 0. The third-order valence-corrected chi connectivity index (χ3v) is 7.01. The molecule has 3 saturated heterocycles. The molecule has 4 rings (SSSR count). The molecule has 2 bridgehead atoms. The standard InChI is InChI=1S/C18H26N4O2S.ClH/c1-10-15(25-11(2)21-10)9-20-18(24)17-13-6-12(7-19-8-13)14-4-3-5-16(23)22(14)17;/h12-14,17,19H,3-9H2,1-2H3,(H,20,24);1H/t12-,13+,14+,17-;/m1./s1. The topological polar surface area (TPSA) is 74.3 Å². The monoisotopic (exact) mass is 398 g/mol. The lowest BCUT2D eigenvalue weighted by Crippen LogP contribution is -2.67. The van der Waals surface area contributed by atoms with Gasteiger partial charge in [-0.3, -0.25) is 9.59 Å². The lowest BCUT2D eigenvalue weighted by molar-refractivity contribution is -0.157. The third-order valence-electron chi connectivity index (χ3n) is 5.94. The molecule has 0 saturated carbocycles. The minimum absolute atomic E-state index is 0. The van der Waals surface area contributed by atoms with Crippen LogP contribution in [0.25, 0.3) is 0 Å². The van der Waals surface area contributed by atoms with E-state index in [-0.39, 0.29) is 42.2 Å². The summed E-state index contributed by atoms with van der Waals surface area (Å²) in [7, 11) is 0. The van der Waals surface area contributed by atoms with E-state index in [1.807, 2.05) is 18.7 Å². The van der Waals surface area contributed by atoms with Crippen LogP contribution in [0, 0.1) is 25.7 Å². The first-order chi connectivity index (χ1) is 12.0. The van der Waals surface area contributed by atoms with Crippen LogP contribution in [0.3, 0.4) is 0 Å². The van der Waals surface area contributed by atoms with Gasteiger partial charge in [0.2, 0.25) is 11.8 Å². The summed E-state index contributed by atoms with van der Waals surface area (Å²) in [5.41, 5.74) is 0.984. The smallest absolute Gasteiger partial charge is 0.243 e. The summed E-state index contributed by atoms with van der Waals surface area (Å²) in [5.74, 6) is 0.885. The van der Waals surface area contributed by atoms with E-state index in [0.29, 0.717) is 18.9 Å². The molecule has 6 nitrogen and oxygen atoms in total. The second kappa shape index (κ2) is 7.82. The average Bonchev–Trinajstić information content (AvgIpc) is 2.92. The normalized spacial score (nSPS) is 30.4. The Balaban J connectivity index is 0.00000196. The predicted molar refractivity (Wildman–Crippen MR) is 103 cm³/mol. The second-order valence-electron chi connectivity index (χ2n) is 7.58. The lowest BCUT2D eigenvalue weighted by atomic mass is 9.72. The molecule has 4 atom stereocenters. The molecule has 4 heterocycles. The van der Waals surface area contributed by atoms with Gasteiger partial charge >= 0.3 is 0 Å². The second-order valence-corrected chi connectivity index (χ2v) is 8.87. The van der Waals surface area contributed by atoms with Gasteiger partial charge in [0.15, 0.2) is 0 Å². The molecule has 2 amide bonds. The van der Waals surface area contributed by atoms with Crippen LogP contribution >= 0.6 is 23.7 Å². The minimum Gasteiger partial charge on any atom is -0.349 e. The first kappa shape index (κ1) is 19.6. The molecule has 0 spiro atoms. The number of nitrogens with one attached hydrogen (secondary N) is 2. The molecule has 3 fully saturated rings. The number of carbonyl (C=O) groups excluding carboxylic acids is 2. The summed E-state index contributed by atoms with van der Waals surface area (Å²) >= 11 is 1.63. The van der Waals surface area contributed by atoms with Gasteiger partial charge in [-0.1, -0.05) is 0 Å². The zero-order valence-electron chi connectivity index (χ0n) is 15.3. The maximum absolute atomic E-state index is 13.0. The van der Waals surface area contributed by atoms with Crippen molar-refractivity contribution in [2.24, 2.45) is 11.8 Å². The maximum atomic E-state index is 13.0. The van der Waals surface area contributed by atoms with Crippen molar-refractivity contribution in [1.82, 2.24) is 20.5 Å². The van der Waals surface area contributed by atoms with E-state index in [4.69, 9.17) is 0 Å². The highest BCUT2D eigenvalue weighted by atomic mass is 35.5. The Morgan fingerprint density at radius 3 is 2.85 bits per heavy atom. The molecule has 3 aliphatic heterocycles. The van der Waals surface area contributed by atoms with Crippen molar-refractivity contribution in [2.45, 2.75) is 58.2 Å². The Morgan fingerprint density at radius 1 is 1.35 bits per heavy atom. The molecule has 0 radical (unpaired) electrons. The number of hydrogen-bond donors (Lipinski definition) is 2. The molecule has 0 unspecified atom stereocenters. The highest BCUT2D eigenvalue weighted by molar-refractivity contribution is 7.11. The van der Waals surface area contributed by atoms with Gasteiger partial charge in [-0.2, -0.15) is 0 Å². The van der Waals surface area contributed by atoms with Gasteiger partial charge in [0.25, 0.3) is 0 Å². The van der Waals surface area contributed by atoms with Crippen LogP contribution < -0.4 is 10.6 Å².